The first kappa shape index (κ1) is 15.5. The number of rotatable bonds is 4. The Labute approximate surface area is 134 Å². The fourth-order valence-electron chi connectivity index (χ4n) is 2.00. The van der Waals surface area contributed by atoms with E-state index in [0.717, 1.165) is 19.8 Å². The molecule has 2 aromatic heterocycles. The molecule has 0 unspecified atom stereocenters. The van der Waals surface area contributed by atoms with E-state index in [1.54, 1.807) is 18.3 Å². The molecule has 2 heterocycles. The van der Waals surface area contributed by atoms with Gasteiger partial charge in [-0.25, -0.2) is 4.79 Å². The third-order valence-corrected chi connectivity index (χ3v) is 6.05. The smallest absolute Gasteiger partial charge is 0.350 e. The van der Waals surface area contributed by atoms with Crippen molar-refractivity contribution < 1.29 is 9.53 Å². The second-order valence-corrected chi connectivity index (χ2v) is 7.35. The largest absolute Gasteiger partial charge is 0.462 e. The number of nitrogens with two attached hydrogens (primary N) is 1. The van der Waals surface area contributed by atoms with E-state index in [1.165, 1.54) is 11.3 Å². The third kappa shape index (κ3) is 2.77. The van der Waals surface area contributed by atoms with E-state index in [2.05, 4.69) is 29.8 Å². The summed E-state index contributed by atoms with van der Waals surface area (Å²) in [7, 11) is 0. The SMILES string of the molecule is CCOC(=O)c1sc(-c2sccc2Br)c(C(C)C)c1N. The normalized spacial score (nSPS) is 11.1. The molecule has 0 atom stereocenters. The molecular formula is C14H16BrNO2S2. The lowest BCUT2D eigenvalue weighted by molar-refractivity contribution is 0.0533. The number of nitrogen functional groups attached to an aromatic ring is 1. The first-order chi connectivity index (χ1) is 9.47. The predicted octanol–water partition coefficient (Wildman–Crippen LogP) is 5.12. The van der Waals surface area contributed by atoms with E-state index in [9.17, 15) is 4.79 Å². The van der Waals surface area contributed by atoms with E-state index in [1.807, 2.05) is 11.4 Å². The van der Waals surface area contributed by atoms with Crippen molar-refractivity contribution in [1.29, 1.82) is 0 Å². The molecule has 2 N–H and O–H groups in total. The lowest BCUT2D eigenvalue weighted by Gasteiger charge is -2.08. The summed E-state index contributed by atoms with van der Waals surface area (Å²) in [4.78, 5) is 14.7. The summed E-state index contributed by atoms with van der Waals surface area (Å²) in [5, 5.41) is 2.02. The lowest BCUT2D eigenvalue weighted by Crippen LogP contribution is -2.06. The average Bonchev–Trinajstić information content (AvgIpc) is 2.93. The second-order valence-electron chi connectivity index (χ2n) is 4.56. The summed E-state index contributed by atoms with van der Waals surface area (Å²) in [5.74, 6) is -0.0887. The summed E-state index contributed by atoms with van der Waals surface area (Å²) < 4.78 is 6.12. The summed E-state index contributed by atoms with van der Waals surface area (Å²) in [5.41, 5.74) is 7.77. The maximum Gasteiger partial charge on any atom is 0.350 e. The van der Waals surface area contributed by atoms with Gasteiger partial charge >= 0.3 is 5.97 Å². The number of hydrogen-bond acceptors (Lipinski definition) is 5. The lowest BCUT2D eigenvalue weighted by atomic mass is 10.0. The zero-order chi connectivity index (χ0) is 14.9. The van der Waals surface area contributed by atoms with Gasteiger partial charge in [0, 0.05) is 4.47 Å². The van der Waals surface area contributed by atoms with Gasteiger partial charge in [-0.1, -0.05) is 13.8 Å². The molecule has 0 saturated heterocycles. The first-order valence-electron chi connectivity index (χ1n) is 6.30. The maximum atomic E-state index is 12.0. The highest BCUT2D eigenvalue weighted by atomic mass is 79.9. The Morgan fingerprint density at radius 1 is 1.45 bits per heavy atom. The Kier molecular flexibility index (Phi) is 4.88. The van der Waals surface area contributed by atoms with E-state index >= 15 is 0 Å². The fraction of sp³-hybridized carbons (Fsp3) is 0.357. The van der Waals surface area contributed by atoms with Gasteiger partial charge in [0.2, 0.25) is 0 Å². The minimum Gasteiger partial charge on any atom is -0.462 e. The molecule has 3 nitrogen and oxygen atoms in total. The average molecular weight is 374 g/mol. The van der Waals surface area contributed by atoms with Gasteiger partial charge in [0.15, 0.2) is 0 Å². The predicted molar refractivity (Wildman–Crippen MR) is 89.8 cm³/mol. The standard InChI is InChI=1S/C14H16BrNO2S2/c1-4-18-14(17)13-10(16)9(7(2)3)12(20-13)11-8(15)5-6-19-11/h5-7H,4,16H2,1-3H3. The van der Waals surface area contributed by atoms with Crippen molar-refractivity contribution in [3.05, 3.63) is 26.4 Å². The van der Waals surface area contributed by atoms with Crippen LogP contribution in [0, 0.1) is 0 Å². The van der Waals surface area contributed by atoms with Crippen LogP contribution in [-0.4, -0.2) is 12.6 Å². The quantitative estimate of drug-likeness (QED) is 0.756. The Hall–Kier alpha value is -0.850. The third-order valence-electron chi connectivity index (χ3n) is 2.85. The highest BCUT2D eigenvalue weighted by Gasteiger charge is 2.25. The van der Waals surface area contributed by atoms with E-state index in [4.69, 9.17) is 10.5 Å². The molecule has 0 aliphatic carbocycles. The van der Waals surface area contributed by atoms with Crippen LogP contribution in [0.15, 0.2) is 15.9 Å². The van der Waals surface area contributed by atoms with Gasteiger partial charge in [0.05, 0.1) is 22.0 Å². The molecule has 0 saturated carbocycles. The molecule has 0 fully saturated rings. The summed E-state index contributed by atoms with van der Waals surface area (Å²) >= 11 is 6.60. The number of carbonyl (C=O) groups is 1. The van der Waals surface area contributed by atoms with Crippen LogP contribution in [-0.2, 0) is 4.74 Å². The molecule has 0 spiro atoms. The molecule has 0 aliphatic heterocycles. The van der Waals surface area contributed by atoms with Crippen LogP contribution in [0.2, 0.25) is 0 Å². The number of ether oxygens (including phenoxy) is 1. The van der Waals surface area contributed by atoms with Crippen molar-refractivity contribution in [2.45, 2.75) is 26.7 Å². The molecule has 0 aliphatic rings. The van der Waals surface area contributed by atoms with Crippen molar-refractivity contribution in [2.75, 3.05) is 12.3 Å². The van der Waals surface area contributed by atoms with E-state index in [-0.39, 0.29) is 11.9 Å². The number of thiophene rings is 2. The van der Waals surface area contributed by atoms with Crippen LogP contribution in [0.25, 0.3) is 9.75 Å². The number of hydrogen-bond donors (Lipinski definition) is 1. The van der Waals surface area contributed by atoms with E-state index in [0.29, 0.717) is 17.2 Å². The molecule has 2 aromatic rings. The van der Waals surface area contributed by atoms with Crippen LogP contribution in [0.3, 0.4) is 0 Å². The number of carbonyl (C=O) groups excluding carboxylic acids is 1. The zero-order valence-electron chi connectivity index (χ0n) is 11.5. The van der Waals surface area contributed by atoms with E-state index < -0.39 is 0 Å². The first-order valence-corrected chi connectivity index (χ1v) is 8.78. The van der Waals surface area contributed by atoms with Gasteiger partial charge in [0.1, 0.15) is 4.88 Å². The molecule has 6 heteroatoms. The second kappa shape index (κ2) is 6.28. The Balaban J connectivity index is 2.60. The summed E-state index contributed by atoms with van der Waals surface area (Å²) in [6, 6.07) is 2.00. The van der Waals surface area contributed by atoms with Gasteiger partial charge in [-0.3, -0.25) is 0 Å². The van der Waals surface area contributed by atoms with Crippen molar-refractivity contribution >= 4 is 50.3 Å². The van der Waals surface area contributed by atoms with Crippen LogP contribution < -0.4 is 5.73 Å². The number of esters is 1. The van der Waals surface area contributed by atoms with Crippen LogP contribution in [0.5, 0.6) is 0 Å². The minimum atomic E-state index is -0.337. The van der Waals surface area contributed by atoms with Gasteiger partial charge in [0.25, 0.3) is 0 Å². The molecule has 0 aromatic carbocycles. The maximum absolute atomic E-state index is 12.0. The molecule has 0 radical (unpaired) electrons. The topological polar surface area (TPSA) is 52.3 Å². The fourth-order valence-corrected chi connectivity index (χ4v) is 5.15. The van der Waals surface area contributed by atoms with Crippen LogP contribution in [0.1, 0.15) is 41.9 Å². The van der Waals surface area contributed by atoms with Gasteiger partial charge in [-0.05, 0) is 45.8 Å². The summed E-state index contributed by atoms with van der Waals surface area (Å²) in [6.07, 6.45) is 0. The molecule has 0 amide bonds. The molecular weight excluding hydrogens is 358 g/mol. The number of anilines is 1. The summed E-state index contributed by atoms with van der Waals surface area (Å²) in [6.45, 7) is 6.31. The van der Waals surface area contributed by atoms with Gasteiger partial charge < -0.3 is 10.5 Å². The Bertz CT molecular complexity index is 631. The van der Waals surface area contributed by atoms with Crippen molar-refractivity contribution in [3.8, 4) is 9.75 Å². The molecule has 0 bridgehead atoms. The monoisotopic (exact) mass is 373 g/mol. The highest BCUT2D eigenvalue weighted by molar-refractivity contribution is 9.10. The van der Waals surface area contributed by atoms with Crippen LogP contribution >= 0.6 is 38.6 Å². The van der Waals surface area contributed by atoms with Crippen molar-refractivity contribution in [3.63, 3.8) is 0 Å². The molecule has 2 rings (SSSR count). The molecule has 108 valence electrons. The van der Waals surface area contributed by atoms with Gasteiger partial charge in [-0.2, -0.15) is 0 Å². The Morgan fingerprint density at radius 3 is 2.65 bits per heavy atom. The van der Waals surface area contributed by atoms with Crippen molar-refractivity contribution in [2.24, 2.45) is 0 Å². The Morgan fingerprint density at radius 2 is 2.15 bits per heavy atom. The highest BCUT2D eigenvalue weighted by Crippen LogP contribution is 2.47. The zero-order valence-corrected chi connectivity index (χ0v) is 14.7. The molecule has 20 heavy (non-hydrogen) atoms. The van der Waals surface area contributed by atoms with Crippen molar-refractivity contribution in [1.82, 2.24) is 0 Å². The minimum absolute atomic E-state index is 0.249. The van der Waals surface area contributed by atoms with Gasteiger partial charge in [-0.15, -0.1) is 22.7 Å². The number of halogens is 1. The van der Waals surface area contributed by atoms with Crippen LogP contribution in [0.4, 0.5) is 5.69 Å².